The van der Waals surface area contributed by atoms with Gasteiger partial charge in [-0.2, -0.15) is 0 Å². The first-order valence-electron chi connectivity index (χ1n) is 5.65. The maximum Gasteiger partial charge on any atom is 0.257 e. The summed E-state index contributed by atoms with van der Waals surface area (Å²) in [5.41, 5.74) is 1.55. The number of hydrogen-bond acceptors (Lipinski definition) is 2. The fourth-order valence-corrected chi connectivity index (χ4v) is 1.79. The lowest BCUT2D eigenvalue weighted by molar-refractivity contribution is 0.102. The van der Waals surface area contributed by atoms with E-state index in [0.717, 1.165) is 0 Å². The van der Waals surface area contributed by atoms with Crippen molar-refractivity contribution >= 4 is 28.9 Å². The molecular formula is C14H12ClFN2O. The first kappa shape index (κ1) is 13.4. The van der Waals surface area contributed by atoms with Gasteiger partial charge in [0.2, 0.25) is 0 Å². The second-order valence-corrected chi connectivity index (χ2v) is 4.29. The van der Waals surface area contributed by atoms with Crippen LogP contribution in [-0.2, 0) is 0 Å². The molecule has 3 nitrogen and oxygen atoms in total. The van der Waals surface area contributed by atoms with Gasteiger partial charge in [0.15, 0.2) is 0 Å². The van der Waals surface area contributed by atoms with Gasteiger partial charge in [-0.05, 0) is 30.3 Å². The summed E-state index contributed by atoms with van der Waals surface area (Å²) in [6, 6.07) is 11.2. The van der Waals surface area contributed by atoms with Crippen molar-refractivity contribution in [2.45, 2.75) is 0 Å². The molecule has 2 N–H and O–H groups in total. The highest BCUT2D eigenvalue weighted by Crippen LogP contribution is 2.20. The van der Waals surface area contributed by atoms with E-state index in [4.69, 9.17) is 11.6 Å². The summed E-state index contributed by atoms with van der Waals surface area (Å²) in [4.78, 5) is 12.1. The second kappa shape index (κ2) is 5.71. The molecule has 0 atom stereocenters. The molecule has 98 valence electrons. The van der Waals surface area contributed by atoms with Gasteiger partial charge in [-0.25, -0.2) is 4.39 Å². The number of benzene rings is 2. The molecule has 19 heavy (non-hydrogen) atoms. The third kappa shape index (κ3) is 3.03. The highest BCUT2D eigenvalue weighted by Gasteiger charge is 2.11. The Kier molecular flexibility index (Phi) is 4.02. The van der Waals surface area contributed by atoms with E-state index in [2.05, 4.69) is 10.6 Å². The third-order valence-corrected chi connectivity index (χ3v) is 2.93. The maximum absolute atomic E-state index is 13.3. The van der Waals surface area contributed by atoms with E-state index in [1.54, 1.807) is 31.3 Å². The van der Waals surface area contributed by atoms with Crippen molar-refractivity contribution in [1.82, 2.24) is 0 Å². The highest BCUT2D eigenvalue weighted by molar-refractivity contribution is 6.30. The summed E-state index contributed by atoms with van der Waals surface area (Å²) in [7, 11) is 1.73. The maximum atomic E-state index is 13.3. The molecule has 0 unspecified atom stereocenters. The molecule has 0 spiro atoms. The number of anilines is 2. The van der Waals surface area contributed by atoms with Crippen LogP contribution in [0, 0.1) is 5.82 Å². The van der Waals surface area contributed by atoms with E-state index in [0.29, 0.717) is 16.9 Å². The Labute approximate surface area is 115 Å². The zero-order valence-corrected chi connectivity index (χ0v) is 11.0. The van der Waals surface area contributed by atoms with Crippen LogP contribution in [0.15, 0.2) is 42.5 Å². The van der Waals surface area contributed by atoms with Gasteiger partial charge >= 0.3 is 0 Å². The van der Waals surface area contributed by atoms with Crippen molar-refractivity contribution < 1.29 is 9.18 Å². The third-order valence-electron chi connectivity index (χ3n) is 2.62. The highest BCUT2D eigenvalue weighted by atomic mass is 35.5. The summed E-state index contributed by atoms with van der Waals surface area (Å²) >= 11 is 5.58. The summed E-state index contributed by atoms with van der Waals surface area (Å²) in [6.45, 7) is 0. The predicted octanol–water partition coefficient (Wildman–Crippen LogP) is 3.77. The minimum absolute atomic E-state index is 0.0219. The minimum Gasteiger partial charge on any atom is -0.387 e. The lowest BCUT2D eigenvalue weighted by atomic mass is 10.1. The SMILES string of the molecule is CNc1ccccc1C(=O)Nc1ccc(Cl)c(F)c1. The fourth-order valence-electron chi connectivity index (χ4n) is 1.67. The average molecular weight is 279 g/mol. The molecule has 0 aliphatic rings. The Morgan fingerprint density at radius 2 is 1.95 bits per heavy atom. The zero-order valence-electron chi connectivity index (χ0n) is 10.2. The smallest absolute Gasteiger partial charge is 0.257 e. The number of rotatable bonds is 3. The van der Waals surface area contributed by atoms with Gasteiger partial charge in [-0.1, -0.05) is 23.7 Å². The summed E-state index contributed by atoms with van der Waals surface area (Å²) in [5, 5.41) is 5.57. The number of para-hydroxylation sites is 1. The van der Waals surface area contributed by atoms with E-state index >= 15 is 0 Å². The molecule has 1 amide bonds. The Bertz CT molecular complexity index is 616. The molecule has 2 aromatic rings. The average Bonchev–Trinajstić information content (AvgIpc) is 2.43. The molecule has 0 bridgehead atoms. The van der Waals surface area contributed by atoms with Gasteiger partial charge in [-0.3, -0.25) is 4.79 Å². The molecular weight excluding hydrogens is 267 g/mol. The molecule has 5 heteroatoms. The van der Waals surface area contributed by atoms with Crippen LogP contribution >= 0.6 is 11.6 Å². The largest absolute Gasteiger partial charge is 0.387 e. The number of nitrogens with one attached hydrogen (secondary N) is 2. The molecule has 0 saturated carbocycles. The zero-order chi connectivity index (χ0) is 13.8. The lowest BCUT2D eigenvalue weighted by Crippen LogP contribution is -2.14. The number of halogens is 2. The number of amides is 1. The quantitative estimate of drug-likeness (QED) is 0.897. The second-order valence-electron chi connectivity index (χ2n) is 3.88. The van der Waals surface area contributed by atoms with Gasteiger partial charge in [0, 0.05) is 18.4 Å². The molecule has 0 aromatic heterocycles. The topological polar surface area (TPSA) is 41.1 Å². The molecule has 0 radical (unpaired) electrons. The Morgan fingerprint density at radius 3 is 2.63 bits per heavy atom. The van der Waals surface area contributed by atoms with Crippen LogP contribution in [0.2, 0.25) is 5.02 Å². The van der Waals surface area contributed by atoms with Gasteiger partial charge < -0.3 is 10.6 Å². The molecule has 0 aliphatic carbocycles. The molecule has 0 saturated heterocycles. The minimum atomic E-state index is -0.568. The standard InChI is InChI=1S/C14H12ClFN2O/c1-17-13-5-3-2-4-10(13)14(19)18-9-6-7-11(15)12(16)8-9/h2-8,17H,1H3,(H,18,19). The van der Waals surface area contributed by atoms with Crippen LogP contribution in [0.3, 0.4) is 0 Å². The molecule has 0 aliphatic heterocycles. The Balaban J connectivity index is 2.23. The van der Waals surface area contributed by atoms with E-state index in [1.165, 1.54) is 12.1 Å². The first-order chi connectivity index (χ1) is 9.11. The van der Waals surface area contributed by atoms with Crippen molar-refractivity contribution in [1.29, 1.82) is 0 Å². The Hall–Kier alpha value is -2.07. The van der Waals surface area contributed by atoms with Gasteiger partial charge in [0.05, 0.1) is 10.6 Å². The van der Waals surface area contributed by atoms with Crippen LogP contribution in [-0.4, -0.2) is 13.0 Å². The van der Waals surface area contributed by atoms with Gasteiger partial charge in [0.25, 0.3) is 5.91 Å². The first-order valence-corrected chi connectivity index (χ1v) is 6.03. The fraction of sp³-hybridized carbons (Fsp3) is 0.0714. The Morgan fingerprint density at radius 1 is 1.21 bits per heavy atom. The number of carbonyl (C=O) groups excluding carboxylic acids is 1. The van der Waals surface area contributed by atoms with Crippen molar-refractivity contribution in [2.24, 2.45) is 0 Å². The molecule has 2 aromatic carbocycles. The van der Waals surface area contributed by atoms with Gasteiger partial charge in [-0.15, -0.1) is 0 Å². The van der Waals surface area contributed by atoms with Crippen LogP contribution in [0.4, 0.5) is 15.8 Å². The van der Waals surface area contributed by atoms with Gasteiger partial charge in [0.1, 0.15) is 5.82 Å². The van der Waals surface area contributed by atoms with Crippen molar-refractivity contribution in [3.8, 4) is 0 Å². The summed E-state index contributed by atoms with van der Waals surface area (Å²) in [5.74, 6) is -0.881. The van der Waals surface area contributed by atoms with Crippen LogP contribution in [0.25, 0.3) is 0 Å². The molecule has 0 fully saturated rings. The van der Waals surface area contributed by atoms with E-state index < -0.39 is 5.82 Å². The van der Waals surface area contributed by atoms with Crippen molar-refractivity contribution in [3.05, 3.63) is 58.9 Å². The van der Waals surface area contributed by atoms with E-state index in [-0.39, 0.29) is 10.9 Å². The van der Waals surface area contributed by atoms with Crippen molar-refractivity contribution in [3.63, 3.8) is 0 Å². The van der Waals surface area contributed by atoms with E-state index in [9.17, 15) is 9.18 Å². The normalized spacial score (nSPS) is 10.1. The lowest BCUT2D eigenvalue weighted by Gasteiger charge is -2.09. The van der Waals surface area contributed by atoms with Crippen LogP contribution in [0.5, 0.6) is 0 Å². The summed E-state index contributed by atoms with van der Waals surface area (Å²) in [6.07, 6.45) is 0. The van der Waals surface area contributed by atoms with Crippen molar-refractivity contribution in [2.75, 3.05) is 17.7 Å². The number of hydrogen-bond donors (Lipinski definition) is 2. The van der Waals surface area contributed by atoms with E-state index in [1.807, 2.05) is 6.07 Å². The molecule has 2 rings (SSSR count). The molecule has 0 heterocycles. The van der Waals surface area contributed by atoms with Crippen LogP contribution < -0.4 is 10.6 Å². The monoisotopic (exact) mass is 278 g/mol. The number of carbonyl (C=O) groups is 1. The summed E-state index contributed by atoms with van der Waals surface area (Å²) < 4.78 is 13.3. The predicted molar refractivity (Wildman–Crippen MR) is 75.4 cm³/mol. The van der Waals surface area contributed by atoms with Crippen LogP contribution in [0.1, 0.15) is 10.4 Å².